The van der Waals surface area contributed by atoms with Gasteiger partial charge in [-0.15, -0.1) is 6.58 Å². The van der Waals surface area contributed by atoms with E-state index in [0.717, 1.165) is 12.8 Å². The Morgan fingerprint density at radius 2 is 1.86 bits per heavy atom. The Morgan fingerprint density at radius 1 is 1.27 bits per heavy atom. The highest BCUT2D eigenvalue weighted by atomic mass is 16.6. The van der Waals surface area contributed by atoms with E-state index in [2.05, 4.69) is 25.5 Å². The standard InChI is InChI=1S/C18H32N2O2/c1-7-16(14(2)3)20(17(21)22-18(4,5)6)19-13-15-11-9-8-10-12-15/h7,13-16H,1,8-12H2,2-6H3/b19-13+. The van der Waals surface area contributed by atoms with Crippen molar-refractivity contribution < 1.29 is 9.53 Å². The SMILES string of the molecule is C=CC(C(C)C)N(/N=C/C1CCCCC1)C(=O)OC(C)(C)C. The van der Waals surface area contributed by atoms with Gasteiger partial charge in [0.2, 0.25) is 0 Å². The summed E-state index contributed by atoms with van der Waals surface area (Å²) in [5, 5.41) is 5.94. The first-order chi connectivity index (χ1) is 10.2. The molecular formula is C18H32N2O2. The van der Waals surface area contributed by atoms with E-state index in [9.17, 15) is 4.79 Å². The summed E-state index contributed by atoms with van der Waals surface area (Å²) >= 11 is 0. The lowest BCUT2D eigenvalue weighted by molar-refractivity contribution is 0.0168. The Balaban J connectivity index is 2.87. The summed E-state index contributed by atoms with van der Waals surface area (Å²) in [7, 11) is 0. The lowest BCUT2D eigenvalue weighted by atomic mass is 9.90. The van der Waals surface area contributed by atoms with Gasteiger partial charge in [0.15, 0.2) is 0 Å². The summed E-state index contributed by atoms with van der Waals surface area (Å²) in [5.74, 6) is 0.699. The zero-order chi connectivity index (χ0) is 16.8. The van der Waals surface area contributed by atoms with Gasteiger partial charge in [-0.2, -0.15) is 10.1 Å². The lowest BCUT2D eigenvalue weighted by Crippen LogP contribution is -2.41. The molecule has 0 radical (unpaired) electrons. The van der Waals surface area contributed by atoms with Gasteiger partial charge in [0, 0.05) is 6.21 Å². The molecule has 0 aromatic rings. The molecule has 126 valence electrons. The average Bonchev–Trinajstić information content (AvgIpc) is 2.42. The number of amides is 1. The van der Waals surface area contributed by atoms with Crippen molar-refractivity contribution in [2.24, 2.45) is 16.9 Å². The van der Waals surface area contributed by atoms with Crippen LogP contribution in [0.1, 0.15) is 66.7 Å². The van der Waals surface area contributed by atoms with Gasteiger partial charge in [0.05, 0.1) is 6.04 Å². The fourth-order valence-electron chi connectivity index (χ4n) is 2.66. The van der Waals surface area contributed by atoms with Gasteiger partial charge in [-0.05, 0) is 45.4 Å². The molecule has 0 aliphatic heterocycles. The zero-order valence-electron chi connectivity index (χ0n) is 14.8. The molecule has 1 atom stereocenters. The van der Waals surface area contributed by atoms with Gasteiger partial charge >= 0.3 is 6.09 Å². The molecule has 1 fully saturated rings. The number of rotatable bonds is 5. The predicted molar refractivity (Wildman–Crippen MR) is 92.0 cm³/mol. The molecule has 0 aromatic carbocycles. The molecule has 0 bridgehead atoms. The van der Waals surface area contributed by atoms with Crippen molar-refractivity contribution in [3.8, 4) is 0 Å². The maximum atomic E-state index is 12.5. The van der Waals surface area contributed by atoms with E-state index >= 15 is 0 Å². The Hall–Kier alpha value is -1.32. The van der Waals surface area contributed by atoms with Crippen LogP contribution < -0.4 is 0 Å². The Morgan fingerprint density at radius 3 is 2.32 bits per heavy atom. The van der Waals surface area contributed by atoms with Gasteiger partial charge < -0.3 is 4.74 Å². The lowest BCUT2D eigenvalue weighted by Gasteiger charge is -2.31. The number of carbonyl (C=O) groups is 1. The minimum absolute atomic E-state index is 0.158. The summed E-state index contributed by atoms with van der Waals surface area (Å²) in [4.78, 5) is 12.5. The zero-order valence-corrected chi connectivity index (χ0v) is 14.8. The van der Waals surface area contributed by atoms with E-state index in [4.69, 9.17) is 4.74 Å². The van der Waals surface area contributed by atoms with E-state index in [1.54, 1.807) is 6.08 Å². The third-order valence-electron chi connectivity index (χ3n) is 3.84. The van der Waals surface area contributed by atoms with Crippen LogP contribution in [0.2, 0.25) is 0 Å². The third kappa shape index (κ3) is 6.20. The number of carbonyl (C=O) groups excluding carboxylic acids is 1. The smallest absolute Gasteiger partial charge is 0.431 e. The second-order valence-corrected chi connectivity index (χ2v) is 7.46. The first-order valence-corrected chi connectivity index (χ1v) is 8.43. The van der Waals surface area contributed by atoms with Crippen LogP contribution in [-0.4, -0.2) is 29.0 Å². The fourth-order valence-corrected chi connectivity index (χ4v) is 2.66. The van der Waals surface area contributed by atoms with Crippen molar-refractivity contribution in [3.05, 3.63) is 12.7 Å². The van der Waals surface area contributed by atoms with Crippen LogP contribution in [0, 0.1) is 11.8 Å². The molecule has 1 saturated carbocycles. The number of hydrogen-bond acceptors (Lipinski definition) is 3. The first-order valence-electron chi connectivity index (χ1n) is 8.43. The molecule has 0 saturated heterocycles. The van der Waals surface area contributed by atoms with Gasteiger partial charge in [0.1, 0.15) is 5.60 Å². The molecule has 4 heteroatoms. The maximum absolute atomic E-state index is 12.5. The van der Waals surface area contributed by atoms with Crippen molar-refractivity contribution in [1.82, 2.24) is 5.01 Å². The predicted octanol–water partition coefficient (Wildman–Crippen LogP) is 5.00. The molecule has 1 rings (SSSR count). The third-order valence-corrected chi connectivity index (χ3v) is 3.84. The molecule has 1 aliphatic rings. The van der Waals surface area contributed by atoms with Gasteiger partial charge in [-0.1, -0.05) is 39.2 Å². The maximum Gasteiger partial charge on any atom is 0.431 e. The summed E-state index contributed by atoms with van der Waals surface area (Å²) < 4.78 is 5.50. The molecule has 0 aromatic heterocycles. The van der Waals surface area contributed by atoms with Crippen molar-refractivity contribution in [3.63, 3.8) is 0 Å². The highest BCUT2D eigenvalue weighted by molar-refractivity contribution is 5.71. The monoisotopic (exact) mass is 308 g/mol. The normalized spacial score (nSPS) is 18.5. The van der Waals surface area contributed by atoms with Crippen LogP contribution in [0.5, 0.6) is 0 Å². The summed E-state index contributed by atoms with van der Waals surface area (Å²) in [5.41, 5.74) is -0.529. The largest absolute Gasteiger partial charge is 0.442 e. The molecule has 0 N–H and O–H groups in total. The van der Waals surface area contributed by atoms with E-state index in [1.165, 1.54) is 24.3 Å². The quantitative estimate of drug-likeness (QED) is 0.407. The topological polar surface area (TPSA) is 41.9 Å². The second-order valence-electron chi connectivity index (χ2n) is 7.46. The molecule has 0 spiro atoms. The van der Waals surface area contributed by atoms with Crippen molar-refractivity contribution in [1.29, 1.82) is 0 Å². The van der Waals surface area contributed by atoms with Crippen LogP contribution in [-0.2, 0) is 4.74 Å². The molecule has 1 aliphatic carbocycles. The van der Waals surface area contributed by atoms with Gasteiger partial charge in [-0.25, -0.2) is 4.79 Å². The number of hydrazone groups is 1. The summed E-state index contributed by atoms with van der Waals surface area (Å²) in [6.07, 6.45) is 9.42. The molecule has 4 nitrogen and oxygen atoms in total. The van der Waals surface area contributed by atoms with E-state index in [0.29, 0.717) is 5.92 Å². The number of ether oxygens (including phenoxy) is 1. The van der Waals surface area contributed by atoms with Crippen LogP contribution in [0.25, 0.3) is 0 Å². The van der Waals surface area contributed by atoms with Crippen LogP contribution in [0.15, 0.2) is 17.8 Å². The fraction of sp³-hybridized carbons (Fsp3) is 0.778. The Labute approximate surface area is 135 Å². The number of nitrogens with zero attached hydrogens (tertiary/aromatic N) is 2. The Bertz CT molecular complexity index is 390. The average molecular weight is 308 g/mol. The van der Waals surface area contributed by atoms with E-state index in [-0.39, 0.29) is 12.0 Å². The minimum atomic E-state index is -0.529. The van der Waals surface area contributed by atoms with Crippen LogP contribution in [0.3, 0.4) is 0 Å². The van der Waals surface area contributed by atoms with Crippen LogP contribution in [0.4, 0.5) is 4.79 Å². The number of hydrogen-bond donors (Lipinski definition) is 0. The highest BCUT2D eigenvalue weighted by Gasteiger charge is 2.28. The van der Waals surface area contributed by atoms with Crippen molar-refractivity contribution in [2.45, 2.75) is 78.4 Å². The highest BCUT2D eigenvalue weighted by Crippen LogP contribution is 2.23. The van der Waals surface area contributed by atoms with Crippen molar-refractivity contribution in [2.75, 3.05) is 0 Å². The van der Waals surface area contributed by atoms with Gasteiger partial charge in [0.25, 0.3) is 0 Å². The van der Waals surface area contributed by atoms with Gasteiger partial charge in [-0.3, -0.25) is 0 Å². The molecule has 1 amide bonds. The molecular weight excluding hydrogens is 276 g/mol. The minimum Gasteiger partial charge on any atom is -0.442 e. The van der Waals surface area contributed by atoms with Crippen molar-refractivity contribution >= 4 is 12.3 Å². The summed E-state index contributed by atoms with van der Waals surface area (Å²) in [6.45, 7) is 13.6. The molecule has 22 heavy (non-hydrogen) atoms. The second kappa shape index (κ2) is 8.35. The molecule has 1 unspecified atom stereocenters. The molecule has 0 heterocycles. The Kier molecular flexibility index (Phi) is 7.11. The van der Waals surface area contributed by atoms with E-state index in [1.807, 2.05) is 27.0 Å². The summed E-state index contributed by atoms with van der Waals surface area (Å²) in [6, 6.07) is -0.158. The van der Waals surface area contributed by atoms with Crippen LogP contribution >= 0.6 is 0 Å². The first kappa shape index (κ1) is 18.7. The van der Waals surface area contributed by atoms with E-state index < -0.39 is 11.7 Å².